The molecule has 1 saturated heterocycles. The third kappa shape index (κ3) is 2.73. The summed E-state index contributed by atoms with van der Waals surface area (Å²) >= 11 is 3.33. The molecule has 0 saturated carbocycles. The quantitative estimate of drug-likeness (QED) is 0.554. The molecular formula is C19H14BrN3O4. The van der Waals surface area contributed by atoms with Crippen LogP contribution in [0.5, 0.6) is 0 Å². The van der Waals surface area contributed by atoms with Crippen LogP contribution in [0.4, 0.5) is 11.4 Å². The van der Waals surface area contributed by atoms with Gasteiger partial charge in [0.15, 0.2) is 5.71 Å². The number of methoxy groups -OCH3 is 1. The highest BCUT2D eigenvalue weighted by Gasteiger charge is 2.59. The molecule has 2 aromatic carbocycles. The van der Waals surface area contributed by atoms with Crippen molar-refractivity contribution in [2.45, 2.75) is 6.04 Å². The third-order valence-corrected chi connectivity index (χ3v) is 5.08. The molecule has 136 valence electrons. The number of hydrazone groups is 1. The SMILES string of the molecule is COC(=O)C1=NN(c2ccccc2)C2C(=O)N(c3ccc(Br)cc3)C(=O)C12. The lowest BCUT2D eigenvalue weighted by Crippen LogP contribution is -2.39. The van der Waals surface area contributed by atoms with E-state index in [4.69, 9.17) is 4.74 Å². The standard InChI is InChI=1S/C19H14BrN3O4/c1-27-19(26)15-14-16(23(21-15)13-5-3-2-4-6-13)18(25)22(17(14)24)12-9-7-11(20)8-10-12/h2-10,14,16H,1H3. The van der Waals surface area contributed by atoms with E-state index in [-0.39, 0.29) is 5.71 Å². The van der Waals surface area contributed by atoms with Crippen molar-refractivity contribution in [1.29, 1.82) is 0 Å². The van der Waals surface area contributed by atoms with Crippen LogP contribution in [0.15, 0.2) is 64.2 Å². The molecule has 2 amide bonds. The van der Waals surface area contributed by atoms with Crippen molar-refractivity contribution in [3.05, 3.63) is 59.1 Å². The molecular weight excluding hydrogens is 414 g/mol. The smallest absolute Gasteiger partial charge is 0.355 e. The van der Waals surface area contributed by atoms with Crippen LogP contribution in [0, 0.1) is 5.92 Å². The van der Waals surface area contributed by atoms with Crippen LogP contribution in [0.2, 0.25) is 0 Å². The maximum absolute atomic E-state index is 13.1. The van der Waals surface area contributed by atoms with Crippen molar-refractivity contribution in [3.8, 4) is 0 Å². The number of anilines is 2. The van der Waals surface area contributed by atoms with E-state index in [2.05, 4.69) is 21.0 Å². The van der Waals surface area contributed by atoms with Crippen molar-refractivity contribution in [1.82, 2.24) is 0 Å². The Kier molecular flexibility index (Phi) is 4.27. The maximum atomic E-state index is 13.1. The largest absolute Gasteiger partial charge is 0.464 e. The van der Waals surface area contributed by atoms with E-state index in [1.165, 1.54) is 12.1 Å². The number of carbonyl (C=O) groups is 3. The number of esters is 1. The number of ether oxygens (including phenoxy) is 1. The molecule has 27 heavy (non-hydrogen) atoms. The molecule has 0 spiro atoms. The number of hydrogen-bond donors (Lipinski definition) is 0. The molecule has 1 fully saturated rings. The predicted molar refractivity (Wildman–Crippen MR) is 102 cm³/mol. The van der Waals surface area contributed by atoms with Gasteiger partial charge in [-0.1, -0.05) is 34.1 Å². The van der Waals surface area contributed by atoms with Gasteiger partial charge >= 0.3 is 5.97 Å². The van der Waals surface area contributed by atoms with E-state index < -0.39 is 29.7 Å². The second-order valence-electron chi connectivity index (χ2n) is 6.07. The first-order valence-electron chi connectivity index (χ1n) is 8.17. The van der Waals surface area contributed by atoms with Crippen molar-refractivity contribution in [3.63, 3.8) is 0 Å². The Morgan fingerprint density at radius 2 is 1.67 bits per heavy atom. The zero-order valence-electron chi connectivity index (χ0n) is 14.2. The molecule has 0 aromatic heterocycles. The number of imide groups is 1. The molecule has 2 heterocycles. The number of para-hydroxylation sites is 1. The molecule has 2 unspecified atom stereocenters. The second kappa shape index (κ2) is 6.62. The van der Waals surface area contributed by atoms with E-state index in [1.54, 1.807) is 48.5 Å². The highest BCUT2D eigenvalue weighted by Crippen LogP contribution is 2.38. The average Bonchev–Trinajstić information content (AvgIpc) is 3.20. The first kappa shape index (κ1) is 17.4. The number of rotatable bonds is 3. The fourth-order valence-corrected chi connectivity index (χ4v) is 3.59. The van der Waals surface area contributed by atoms with Gasteiger partial charge in [0.2, 0.25) is 5.91 Å². The van der Waals surface area contributed by atoms with Gasteiger partial charge in [0, 0.05) is 4.47 Å². The highest BCUT2D eigenvalue weighted by atomic mass is 79.9. The van der Waals surface area contributed by atoms with Crippen LogP contribution in [0.3, 0.4) is 0 Å². The molecule has 0 radical (unpaired) electrons. The summed E-state index contributed by atoms with van der Waals surface area (Å²) < 4.78 is 5.61. The molecule has 2 aromatic rings. The Bertz CT molecular complexity index is 959. The zero-order valence-corrected chi connectivity index (χ0v) is 15.8. The number of benzene rings is 2. The maximum Gasteiger partial charge on any atom is 0.355 e. The highest BCUT2D eigenvalue weighted by molar-refractivity contribution is 9.10. The number of hydrogen-bond acceptors (Lipinski definition) is 6. The van der Waals surface area contributed by atoms with Gasteiger partial charge in [-0.3, -0.25) is 14.6 Å². The summed E-state index contributed by atoms with van der Waals surface area (Å²) in [5.74, 6) is -2.65. The van der Waals surface area contributed by atoms with Gasteiger partial charge in [-0.15, -0.1) is 0 Å². The van der Waals surface area contributed by atoms with Crippen LogP contribution < -0.4 is 9.91 Å². The Labute approximate surface area is 163 Å². The van der Waals surface area contributed by atoms with Gasteiger partial charge in [0.1, 0.15) is 12.0 Å². The van der Waals surface area contributed by atoms with Crippen LogP contribution in [-0.2, 0) is 19.1 Å². The summed E-state index contributed by atoms with van der Waals surface area (Å²) in [4.78, 5) is 39.5. The molecule has 2 aliphatic heterocycles. The molecule has 2 aliphatic rings. The van der Waals surface area contributed by atoms with E-state index in [0.717, 1.165) is 9.37 Å². The lowest BCUT2D eigenvalue weighted by Gasteiger charge is -2.22. The summed E-state index contributed by atoms with van der Waals surface area (Å²) in [6.45, 7) is 0. The Morgan fingerprint density at radius 1 is 1.00 bits per heavy atom. The van der Waals surface area contributed by atoms with Gasteiger partial charge in [-0.2, -0.15) is 5.10 Å². The monoisotopic (exact) mass is 427 g/mol. The number of fused-ring (bicyclic) bond motifs is 1. The summed E-state index contributed by atoms with van der Waals surface area (Å²) in [5.41, 5.74) is 0.995. The van der Waals surface area contributed by atoms with Crippen LogP contribution in [0.25, 0.3) is 0 Å². The van der Waals surface area contributed by atoms with E-state index >= 15 is 0 Å². The van der Waals surface area contributed by atoms with Gasteiger partial charge in [-0.25, -0.2) is 9.69 Å². The minimum Gasteiger partial charge on any atom is -0.464 e. The first-order chi connectivity index (χ1) is 13.0. The van der Waals surface area contributed by atoms with Crippen molar-refractivity contribution in [2.24, 2.45) is 11.0 Å². The molecule has 0 N–H and O–H groups in total. The van der Waals surface area contributed by atoms with Crippen LogP contribution in [-0.4, -0.2) is 36.6 Å². The van der Waals surface area contributed by atoms with Gasteiger partial charge < -0.3 is 4.74 Å². The lowest BCUT2D eigenvalue weighted by molar-refractivity contribution is -0.133. The van der Waals surface area contributed by atoms with Crippen LogP contribution in [0.1, 0.15) is 0 Å². The lowest BCUT2D eigenvalue weighted by atomic mass is 9.98. The summed E-state index contributed by atoms with van der Waals surface area (Å²) in [7, 11) is 1.22. The van der Waals surface area contributed by atoms with E-state index in [0.29, 0.717) is 11.4 Å². The predicted octanol–water partition coefficient (Wildman–Crippen LogP) is 2.36. The van der Waals surface area contributed by atoms with Gasteiger partial charge in [0.05, 0.1) is 18.5 Å². The number of carbonyl (C=O) groups excluding carboxylic acids is 3. The Morgan fingerprint density at radius 3 is 2.30 bits per heavy atom. The second-order valence-corrected chi connectivity index (χ2v) is 6.98. The van der Waals surface area contributed by atoms with Crippen molar-refractivity contribution >= 4 is 50.8 Å². The molecule has 4 rings (SSSR count). The van der Waals surface area contributed by atoms with Crippen molar-refractivity contribution < 1.29 is 19.1 Å². The summed E-state index contributed by atoms with van der Waals surface area (Å²) in [5, 5.41) is 5.68. The number of amides is 2. The minimum atomic E-state index is -1.01. The van der Waals surface area contributed by atoms with Gasteiger partial charge in [0.25, 0.3) is 5.91 Å². The third-order valence-electron chi connectivity index (χ3n) is 4.55. The molecule has 0 bridgehead atoms. The molecule has 0 aliphatic carbocycles. The average molecular weight is 428 g/mol. The zero-order chi connectivity index (χ0) is 19.1. The van der Waals surface area contributed by atoms with E-state index in [1.807, 2.05) is 6.07 Å². The summed E-state index contributed by atoms with van der Waals surface area (Å²) in [6.07, 6.45) is 0. The molecule has 8 heteroatoms. The van der Waals surface area contributed by atoms with E-state index in [9.17, 15) is 14.4 Å². The topological polar surface area (TPSA) is 79.3 Å². The normalized spacial score (nSPS) is 21.3. The summed E-state index contributed by atoms with van der Waals surface area (Å²) in [6, 6.07) is 14.9. The van der Waals surface area contributed by atoms with Gasteiger partial charge in [-0.05, 0) is 36.4 Å². The Balaban J connectivity index is 1.80. The molecule has 2 atom stereocenters. The first-order valence-corrected chi connectivity index (χ1v) is 8.96. The molecule has 7 nitrogen and oxygen atoms in total. The number of nitrogens with zero attached hydrogens (tertiary/aromatic N) is 3. The Hall–Kier alpha value is -3.00. The number of halogens is 1. The van der Waals surface area contributed by atoms with Crippen LogP contribution >= 0.6 is 15.9 Å². The fourth-order valence-electron chi connectivity index (χ4n) is 3.33. The fraction of sp³-hybridized carbons (Fsp3) is 0.158. The van der Waals surface area contributed by atoms with Crippen molar-refractivity contribution in [2.75, 3.05) is 17.0 Å². The minimum absolute atomic E-state index is 0.0654.